The molecule has 1 atom stereocenters. The lowest BCUT2D eigenvalue weighted by atomic mass is 9.95. The molecule has 0 aromatic heterocycles. The third-order valence-corrected chi connectivity index (χ3v) is 7.39. The van der Waals surface area contributed by atoms with Gasteiger partial charge in [-0.15, -0.1) is 11.8 Å². The minimum atomic E-state index is -0.599. The Morgan fingerprint density at radius 1 is 1.18 bits per heavy atom. The summed E-state index contributed by atoms with van der Waals surface area (Å²) in [6.07, 6.45) is 5.44. The van der Waals surface area contributed by atoms with Gasteiger partial charge in [0.1, 0.15) is 11.9 Å². The van der Waals surface area contributed by atoms with Gasteiger partial charge in [0.15, 0.2) is 0 Å². The first kappa shape index (κ1) is 25.6. The van der Waals surface area contributed by atoms with Crippen molar-refractivity contribution in [3.05, 3.63) is 70.0 Å². The van der Waals surface area contributed by atoms with Crippen LogP contribution in [0.4, 0.5) is 4.39 Å². The number of halogens is 2. The molecule has 2 aromatic rings. The lowest BCUT2D eigenvalue weighted by molar-refractivity contribution is -0.139. The Bertz CT molecular complexity index is 945. The Balaban J connectivity index is 1.68. The van der Waals surface area contributed by atoms with Crippen molar-refractivity contribution in [2.45, 2.75) is 70.3 Å². The van der Waals surface area contributed by atoms with Gasteiger partial charge in [-0.25, -0.2) is 4.39 Å². The van der Waals surface area contributed by atoms with E-state index in [2.05, 4.69) is 5.32 Å². The van der Waals surface area contributed by atoms with Crippen LogP contribution in [0.3, 0.4) is 0 Å². The molecule has 1 saturated carbocycles. The number of carbonyl (C=O) groups excluding carboxylic acids is 2. The van der Waals surface area contributed by atoms with E-state index < -0.39 is 6.04 Å². The average Bonchev–Trinajstić information content (AvgIpc) is 2.79. The summed E-state index contributed by atoms with van der Waals surface area (Å²) in [7, 11) is 0. The number of rotatable bonds is 9. The number of hydrogen-bond acceptors (Lipinski definition) is 3. The second kappa shape index (κ2) is 12.4. The molecule has 3 rings (SSSR count). The number of hydrogen-bond donors (Lipinski definition) is 1. The molecule has 0 saturated heterocycles. The zero-order valence-corrected chi connectivity index (χ0v) is 20.9. The second-order valence-corrected chi connectivity index (χ2v) is 10.1. The smallest absolute Gasteiger partial charge is 0.242 e. The van der Waals surface area contributed by atoms with Gasteiger partial charge in [0.25, 0.3) is 0 Å². The predicted molar refractivity (Wildman–Crippen MR) is 134 cm³/mol. The molecule has 1 aliphatic rings. The van der Waals surface area contributed by atoms with E-state index in [0.717, 1.165) is 36.8 Å². The zero-order chi connectivity index (χ0) is 23.8. The lowest BCUT2D eigenvalue weighted by Gasteiger charge is -2.31. The first-order chi connectivity index (χ1) is 15.8. The van der Waals surface area contributed by atoms with Crippen molar-refractivity contribution in [1.82, 2.24) is 10.2 Å². The van der Waals surface area contributed by atoms with E-state index in [0.29, 0.717) is 17.1 Å². The molecule has 0 aliphatic heterocycles. The van der Waals surface area contributed by atoms with E-state index in [4.69, 9.17) is 11.6 Å². The summed E-state index contributed by atoms with van der Waals surface area (Å²) in [6, 6.07) is 12.1. The van der Waals surface area contributed by atoms with E-state index in [-0.39, 0.29) is 35.2 Å². The standard InChI is InChI=1S/C26H32ClFN2O2S/c1-18-8-6-9-20(14-18)15-30(19(2)26(32)29-21-10-4-3-5-11-21)25(31)17-33-16-22-23(27)12-7-13-24(22)28/h6-9,12-14,19,21H,3-5,10-11,15-17H2,1-2H3,(H,29,32)/t19-/m1/s1. The Kier molecular flexibility index (Phi) is 9.63. The molecule has 4 nitrogen and oxygen atoms in total. The Hall–Kier alpha value is -2.05. The molecule has 0 bridgehead atoms. The molecule has 0 unspecified atom stereocenters. The first-order valence-corrected chi connectivity index (χ1v) is 13.0. The quantitative estimate of drug-likeness (QED) is 0.477. The average molecular weight is 491 g/mol. The van der Waals surface area contributed by atoms with Crippen LogP contribution in [-0.4, -0.2) is 34.6 Å². The van der Waals surface area contributed by atoms with Crippen molar-refractivity contribution in [2.24, 2.45) is 0 Å². The highest BCUT2D eigenvalue weighted by atomic mass is 35.5. The van der Waals surface area contributed by atoms with E-state index >= 15 is 0 Å². The number of aryl methyl sites for hydroxylation is 1. The third kappa shape index (κ3) is 7.47. The molecular weight excluding hydrogens is 459 g/mol. The van der Waals surface area contributed by atoms with E-state index in [9.17, 15) is 14.0 Å². The molecule has 2 amide bonds. The fourth-order valence-electron chi connectivity index (χ4n) is 4.15. The fraction of sp³-hybridized carbons (Fsp3) is 0.462. The topological polar surface area (TPSA) is 49.4 Å². The summed E-state index contributed by atoms with van der Waals surface area (Å²) in [4.78, 5) is 27.9. The summed E-state index contributed by atoms with van der Waals surface area (Å²) in [5, 5.41) is 3.49. The summed E-state index contributed by atoms with van der Waals surface area (Å²) in [5.41, 5.74) is 2.47. The minimum Gasteiger partial charge on any atom is -0.352 e. The number of amides is 2. The van der Waals surface area contributed by atoms with Gasteiger partial charge in [0.2, 0.25) is 11.8 Å². The zero-order valence-electron chi connectivity index (χ0n) is 19.3. The van der Waals surface area contributed by atoms with Gasteiger partial charge in [0.05, 0.1) is 5.75 Å². The van der Waals surface area contributed by atoms with Gasteiger partial charge in [-0.05, 0) is 44.4 Å². The molecule has 0 heterocycles. The van der Waals surface area contributed by atoms with Crippen molar-refractivity contribution in [3.63, 3.8) is 0 Å². The van der Waals surface area contributed by atoms with Crippen LogP contribution >= 0.6 is 23.4 Å². The predicted octanol–water partition coefficient (Wildman–Crippen LogP) is 5.89. The van der Waals surface area contributed by atoms with Gasteiger partial charge in [-0.3, -0.25) is 9.59 Å². The van der Waals surface area contributed by atoms with E-state index in [1.54, 1.807) is 24.0 Å². The maximum absolute atomic E-state index is 14.1. The highest BCUT2D eigenvalue weighted by molar-refractivity contribution is 7.99. The van der Waals surface area contributed by atoms with Gasteiger partial charge in [-0.2, -0.15) is 0 Å². The van der Waals surface area contributed by atoms with E-state index in [1.165, 1.54) is 24.2 Å². The van der Waals surface area contributed by atoms with Crippen LogP contribution in [0.1, 0.15) is 55.7 Å². The summed E-state index contributed by atoms with van der Waals surface area (Å²) >= 11 is 7.41. The third-order valence-electron chi connectivity index (χ3n) is 6.09. The summed E-state index contributed by atoms with van der Waals surface area (Å²) in [5.74, 6) is -0.222. The molecule has 7 heteroatoms. The van der Waals surface area contributed by atoms with Crippen molar-refractivity contribution in [1.29, 1.82) is 0 Å². The van der Waals surface area contributed by atoms with Crippen molar-refractivity contribution in [2.75, 3.05) is 5.75 Å². The number of benzene rings is 2. The van der Waals surface area contributed by atoms with Crippen LogP contribution in [0.15, 0.2) is 42.5 Å². The van der Waals surface area contributed by atoms with Gasteiger partial charge < -0.3 is 10.2 Å². The maximum atomic E-state index is 14.1. The highest BCUT2D eigenvalue weighted by Gasteiger charge is 2.28. The Labute approximate surface area is 205 Å². The van der Waals surface area contributed by atoms with Gasteiger partial charge >= 0.3 is 0 Å². The number of carbonyl (C=O) groups is 2. The lowest BCUT2D eigenvalue weighted by Crippen LogP contribution is -2.50. The van der Waals surface area contributed by atoms with Crippen molar-refractivity contribution in [3.8, 4) is 0 Å². The monoisotopic (exact) mass is 490 g/mol. The SMILES string of the molecule is Cc1cccc(CN(C(=O)CSCc2c(F)cccc2Cl)[C@H](C)C(=O)NC2CCCCC2)c1. The molecular formula is C26H32ClFN2O2S. The number of nitrogens with zero attached hydrogens (tertiary/aromatic N) is 1. The maximum Gasteiger partial charge on any atom is 0.242 e. The number of thioether (sulfide) groups is 1. The largest absolute Gasteiger partial charge is 0.352 e. The molecule has 1 N–H and O–H groups in total. The molecule has 178 valence electrons. The van der Waals surface area contributed by atoms with Crippen LogP contribution in [0.2, 0.25) is 5.02 Å². The van der Waals surface area contributed by atoms with Gasteiger partial charge in [-0.1, -0.05) is 66.8 Å². The van der Waals surface area contributed by atoms with Crippen LogP contribution in [-0.2, 0) is 21.9 Å². The molecule has 0 radical (unpaired) electrons. The number of nitrogens with one attached hydrogen (secondary N) is 1. The van der Waals surface area contributed by atoms with Crippen LogP contribution in [0, 0.1) is 12.7 Å². The highest BCUT2D eigenvalue weighted by Crippen LogP contribution is 2.25. The molecule has 0 spiro atoms. The fourth-order valence-corrected chi connectivity index (χ4v) is 5.40. The van der Waals surface area contributed by atoms with Crippen LogP contribution < -0.4 is 5.32 Å². The van der Waals surface area contributed by atoms with Crippen molar-refractivity contribution >= 4 is 35.2 Å². The van der Waals surface area contributed by atoms with Crippen molar-refractivity contribution < 1.29 is 14.0 Å². The Morgan fingerprint density at radius 3 is 2.61 bits per heavy atom. The van der Waals surface area contributed by atoms with Gasteiger partial charge in [0, 0.05) is 28.9 Å². The van der Waals surface area contributed by atoms with Crippen LogP contribution in [0.5, 0.6) is 0 Å². The Morgan fingerprint density at radius 2 is 1.91 bits per heavy atom. The molecule has 1 aliphatic carbocycles. The molecule has 33 heavy (non-hydrogen) atoms. The molecule has 1 fully saturated rings. The normalized spacial score (nSPS) is 15.2. The molecule has 2 aromatic carbocycles. The van der Waals surface area contributed by atoms with E-state index in [1.807, 2.05) is 31.2 Å². The minimum absolute atomic E-state index is 0.120. The summed E-state index contributed by atoms with van der Waals surface area (Å²) in [6.45, 7) is 4.13. The second-order valence-electron chi connectivity index (χ2n) is 8.72. The first-order valence-electron chi connectivity index (χ1n) is 11.5. The summed E-state index contributed by atoms with van der Waals surface area (Å²) < 4.78 is 14.1. The van der Waals surface area contributed by atoms with Crippen LogP contribution in [0.25, 0.3) is 0 Å².